The molecule has 6 heteroatoms. The van der Waals surface area contributed by atoms with Gasteiger partial charge in [-0.25, -0.2) is 9.78 Å². The number of carbonyl (C=O) groups excluding carboxylic acids is 1. The smallest absolute Gasteiger partial charge is 0.354 e. The third-order valence-electron chi connectivity index (χ3n) is 2.62. The molecule has 6 nitrogen and oxygen atoms in total. The number of amides is 1. The molecule has 0 unspecified atom stereocenters. The number of hydrogen-bond donors (Lipinski definition) is 3. The van der Waals surface area contributed by atoms with E-state index in [-0.39, 0.29) is 18.1 Å². The maximum absolute atomic E-state index is 11.7. The number of aromatic nitrogens is 1. The van der Waals surface area contributed by atoms with Gasteiger partial charge in [0.05, 0.1) is 5.41 Å². The fourth-order valence-electron chi connectivity index (χ4n) is 1.17. The van der Waals surface area contributed by atoms with Crippen molar-refractivity contribution in [2.75, 3.05) is 6.54 Å². The Morgan fingerprint density at radius 1 is 1.44 bits per heavy atom. The summed E-state index contributed by atoms with van der Waals surface area (Å²) < 4.78 is 0. The van der Waals surface area contributed by atoms with Crippen LogP contribution in [0, 0.1) is 5.41 Å². The summed E-state index contributed by atoms with van der Waals surface area (Å²) in [7, 11) is 0. The molecule has 1 aromatic heterocycles. The molecule has 98 valence electrons. The predicted molar refractivity (Wildman–Crippen MR) is 65.9 cm³/mol. The lowest BCUT2D eigenvalue weighted by Gasteiger charge is -2.21. The molecule has 0 aliphatic heterocycles. The van der Waals surface area contributed by atoms with Crippen molar-refractivity contribution < 1.29 is 14.7 Å². The van der Waals surface area contributed by atoms with Gasteiger partial charge >= 0.3 is 5.97 Å². The van der Waals surface area contributed by atoms with Gasteiger partial charge in [0, 0.05) is 19.3 Å². The molecular formula is C12H17N3O3. The Morgan fingerprint density at radius 3 is 2.56 bits per heavy atom. The van der Waals surface area contributed by atoms with Gasteiger partial charge in [0.1, 0.15) is 5.69 Å². The van der Waals surface area contributed by atoms with Gasteiger partial charge in [-0.05, 0) is 25.5 Å². The Hall–Kier alpha value is -1.95. The van der Waals surface area contributed by atoms with E-state index in [2.05, 4.69) is 10.3 Å². The summed E-state index contributed by atoms with van der Waals surface area (Å²) in [6, 6.07) is 3.02. The van der Waals surface area contributed by atoms with Crippen LogP contribution in [0.15, 0.2) is 18.3 Å². The van der Waals surface area contributed by atoms with Gasteiger partial charge in [0.25, 0.3) is 0 Å². The Kier molecular flexibility index (Phi) is 4.38. The number of carboxylic acids is 1. The summed E-state index contributed by atoms with van der Waals surface area (Å²) in [5.41, 5.74) is 5.59. The molecule has 1 rings (SSSR count). The van der Waals surface area contributed by atoms with Crippen LogP contribution in [0.1, 0.15) is 29.9 Å². The quantitative estimate of drug-likeness (QED) is 0.701. The molecule has 0 spiro atoms. The minimum absolute atomic E-state index is 0.0210. The zero-order valence-electron chi connectivity index (χ0n) is 10.4. The molecule has 0 atom stereocenters. The summed E-state index contributed by atoms with van der Waals surface area (Å²) in [5, 5.41) is 11.4. The molecule has 0 bridgehead atoms. The van der Waals surface area contributed by atoms with E-state index >= 15 is 0 Å². The maximum Gasteiger partial charge on any atom is 0.354 e. The van der Waals surface area contributed by atoms with E-state index in [0.717, 1.165) is 5.56 Å². The second kappa shape index (κ2) is 5.59. The minimum Gasteiger partial charge on any atom is -0.477 e. The van der Waals surface area contributed by atoms with Crippen molar-refractivity contribution in [1.82, 2.24) is 10.3 Å². The number of nitrogens with zero attached hydrogens (tertiary/aromatic N) is 1. The van der Waals surface area contributed by atoms with Crippen molar-refractivity contribution in [3.05, 3.63) is 29.6 Å². The molecular weight excluding hydrogens is 234 g/mol. The highest BCUT2D eigenvalue weighted by Gasteiger charge is 2.25. The fraction of sp³-hybridized carbons (Fsp3) is 0.417. The van der Waals surface area contributed by atoms with Gasteiger partial charge in [-0.1, -0.05) is 6.07 Å². The molecule has 0 aliphatic rings. The van der Waals surface area contributed by atoms with E-state index < -0.39 is 11.4 Å². The van der Waals surface area contributed by atoms with Crippen LogP contribution in [0.5, 0.6) is 0 Å². The van der Waals surface area contributed by atoms with Crippen LogP contribution in [0.25, 0.3) is 0 Å². The van der Waals surface area contributed by atoms with Gasteiger partial charge in [-0.2, -0.15) is 0 Å². The minimum atomic E-state index is -1.07. The number of hydrogen-bond acceptors (Lipinski definition) is 4. The average Bonchev–Trinajstić information content (AvgIpc) is 2.36. The van der Waals surface area contributed by atoms with Crippen LogP contribution in [0.2, 0.25) is 0 Å². The number of carboxylic acid groups (broad SMARTS) is 1. The second-order valence-corrected chi connectivity index (χ2v) is 4.63. The molecule has 0 aliphatic carbocycles. The highest BCUT2D eigenvalue weighted by Crippen LogP contribution is 2.12. The lowest BCUT2D eigenvalue weighted by atomic mass is 9.93. The van der Waals surface area contributed by atoms with Crippen molar-refractivity contribution in [2.24, 2.45) is 11.1 Å². The summed E-state index contributed by atoms with van der Waals surface area (Å²) >= 11 is 0. The average molecular weight is 251 g/mol. The molecule has 0 saturated heterocycles. The van der Waals surface area contributed by atoms with E-state index in [1.54, 1.807) is 19.9 Å². The number of carbonyl (C=O) groups is 2. The van der Waals surface area contributed by atoms with E-state index in [4.69, 9.17) is 10.8 Å². The van der Waals surface area contributed by atoms with E-state index in [0.29, 0.717) is 6.54 Å². The molecule has 0 saturated carbocycles. The fourth-order valence-corrected chi connectivity index (χ4v) is 1.17. The van der Waals surface area contributed by atoms with Crippen LogP contribution in [0.3, 0.4) is 0 Å². The van der Waals surface area contributed by atoms with Crippen molar-refractivity contribution in [2.45, 2.75) is 20.4 Å². The number of nitrogens with two attached hydrogens (primary N) is 1. The normalized spacial score (nSPS) is 11.1. The van der Waals surface area contributed by atoms with E-state index in [1.165, 1.54) is 12.3 Å². The monoisotopic (exact) mass is 251 g/mol. The zero-order valence-corrected chi connectivity index (χ0v) is 10.4. The summed E-state index contributed by atoms with van der Waals surface area (Å²) in [5.74, 6) is -1.22. The Morgan fingerprint density at radius 2 is 2.11 bits per heavy atom. The first-order valence-electron chi connectivity index (χ1n) is 5.53. The molecule has 0 radical (unpaired) electrons. The van der Waals surface area contributed by atoms with Crippen molar-refractivity contribution in [3.63, 3.8) is 0 Å². The van der Waals surface area contributed by atoms with Gasteiger partial charge < -0.3 is 16.2 Å². The van der Waals surface area contributed by atoms with Crippen LogP contribution < -0.4 is 11.1 Å². The third kappa shape index (κ3) is 3.53. The third-order valence-corrected chi connectivity index (χ3v) is 2.62. The first-order chi connectivity index (χ1) is 8.36. The van der Waals surface area contributed by atoms with Crippen LogP contribution in [-0.4, -0.2) is 28.5 Å². The van der Waals surface area contributed by atoms with Crippen molar-refractivity contribution >= 4 is 11.9 Å². The summed E-state index contributed by atoms with van der Waals surface area (Å²) in [4.78, 5) is 26.1. The molecule has 1 heterocycles. The highest BCUT2D eigenvalue weighted by atomic mass is 16.4. The van der Waals surface area contributed by atoms with Gasteiger partial charge in [0.15, 0.2) is 0 Å². The predicted octanol–water partition coefficient (Wildman–Crippen LogP) is 0.381. The largest absolute Gasteiger partial charge is 0.477 e. The molecule has 1 amide bonds. The highest BCUT2D eigenvalue weighted by molar-refractivity contribution is 5.85. The second-order valence-electron chi connectivity index (χ2n) is 4.63. The van der Waals surface area contributed by atoms with Crippen LogP contribution in [-0.2, 0) is 11.3 Å². The van der Waals surface area contributed by atoms with E-state index in [9.17, 15) is 9.59 Å². The summed E-state index contributed by atoms with van der Waals surface area (Å²) in [6.07, 6.45) is 1.43. The van der Waals surface area contributed by atoms with Gasteiger partial charge in [-0.3, -0.25) is 4.79 Å². The maximum atomic E-state index is 11.7. The Labute approximate surface area is 105 Å². The number of nitrogens with one attached hydrogen (secondary N) is 1. The SMILES string of the molecule is CC(C)(CN)C(=O)NCc1ccc(C(=O)O)nc1. The molecule has 0 fully saturated rings. The molecule has 18 heavy (non-hydrogen) atoms. The lowest BCUT2D eigenvalue weighted by Crippen LogP contribution is -2.41. The zero-order chi connectivity index (χ0) is 13.8. The first-order valence-corrected chi connectivity index (χ1v) is 5.53. The Bertz CT molecular complexity index is 440. The van der Waals surface area contributed by atoms with Crippen LogP contribution in [0.4, 0.5) is 0 Å². The topological polar surface area (TPSA) is 105 Å². The van der Waals surface area contributed by atoms with Crippen molar-refractivity contribution in [3.8, 4) is 0 Å². The molecule has 1 aromatic rings. The van der Waals surface area contributed by atoms with E-state index in [1.807, 2.05) is 0 Å². The summed E-state index contributed by atoms with van der Waals surface area (Å²) in [6.45, 7) is 4.08. The van der Waals surface area contributed by atoms with Gasteiger partial charge in [0.2, 0.25) is 5.91 Å². The number of rotatable bonds is 5. The Balaban J connectivity index is 2.59. The number of pyridine rings is 1. The molecule has 4 N–H and O–H groups in total. The standard InChI is InChI=1S/C12H17N3O3/c1-12(2,7-13)11(18)15-6-8-3-4-9(10(16)17)14-5-8/h3-5H,6-7,13H2,1-2H3,(H,15,18)(H,16,17). The van der Waals surface area contributed by atoms with Gasteiger partial charge in [-0.15, -0.1) is 0 Å². The first kappa shape index (κ1) is 14.1. The van der Waals surface area contributed by atoms with Crippen LogP contribution >= 0.6 is 0 Å². The lowest BCUT2D eigenvalue weighted by molar-refractivity contribution is -0.129. The van der Waals surface area contributed by atoms with Crippen molar-refractivity contribution in [1.29, 1.82) is 0 Å². The molecule has 0 aromatic carbocycles. The number of aromatic carboxylic acids is 1.